The highest BCUT2D eigenvalue weighted by Crippen LogP contribution is 2.33. The van der Waals surface area contributed by atoms with E-state index in [9.17, 15) is 0 Å². The lowest BCUT2D eigenvalue weighted by Gasteiger charge is -2.35. The first-order valence-electron chi connectivity index (χ1n) is 9.70. The predicted octanol–water partition coefficient (Wildman–Crippen LogP) is 2.85. The lowest BCUT2D eigenvalue weighted by Crippen LogP contribution is -2.40. The van der Waals surface area contributed by atoms with E-state index in [1.54, 1.807) is 18.0 Å². The molecule has 0 spiro atoms. The second kappa shape index (κ2) is 7.73. The number of fused-ring (bicyclic) bond motifs is 1. The third-order valence-corrected chi connectivity index (χ3v) is 5.66. The number of aromatic nitrogens is 7. The van der Waals surface area contributed by atoms with Crippen LogP contribution in [0.4, 0.5) is 5.82 Å². The van der Waals surface area contributed by atoms with Crippen molar-refractivity contribution in [2.75, 3.05) is 12.4 Å². The standard InChI is InChI=1S/C20H24N8O.ClH/c1-12-15(16-5-7-27(3)24-16)11-28-17(12)18(22-13-9-14(10-13)29-4)23-19(25-28)20-21-6-8-26(20)2;/h5-8,11,13-14H,9-10H2,1-4H3,(H,22,23,25);1H. The van der Waals surface area contributed by atoms with E-state index in [4.69, 9.17) is 14.8 Å². The van der Waals surface area contributed by atoms with Gasteiger partial charge in [0, 0.05) is 57.6 Å². The lowest BCUT2D eigenvalue weighted by molar-refractivity contribution is 0.0328. The normalized spacial score (nSPS) is 18.3. The zero-order chi connectivity index (χ0) is 20.1. The van der Waals surface area contributed by atoms with Gasteiger partial charge in [-0.1, -0.05) is 0 Å². The van der Waals surface area contributed by atoms with Crippen LogP contribution in [0.5, 0.6) is 0 Å². The predicted molar refractivity (Wildman–Crippen MR) is 117 cm³/mol. The van der Waals surface area contributed by atoms with Crippen LogP contribution >= 0.6 is 12.4 Å². The number of nitrogens with zero attached hydrogens (tertiary/aromatic N) is 7. The van der Waals surface area contributed by atoms with Crippen LogP contribution in [-0.4, -0.2) is 53.2 Å². The highest BCUT2D eigenvalue weighted by molar-refractivity contribution is 5.85. The number of rotatable bonds is 5. The molecule has 30 heavy (non-hydrogen) atoms. The van der Waals surface area contributed by atoms with E-state index < -0.39 is 0 Å². The fraction of sp³-hybridized carbons (Fsp3) is 0.400. The van der Waals surface area contributed by atoms with Crippen LogP contribution in [-0.2, 0) is 18.8 Å². The Morgan fingerprint density at radius 3 is 2.60 bits per heavy atom. The van der Waals surface area contributed by atoms with Gasteiger partial charge in [0.25, 0.3) is 0 Å². The quantitative estimate of drug-likeness (QED) is 0.526. The minimum atomic E-state index is 0. The summed E-state index contributed by atoms with van der Waals surface area (Å²) in [7, 11) is 5.63. The minimum Gasteiger partial charge on any atom is -0.381 e. The number of methoxy groups -OCH3 is 1. The minimum absolute atomic E-state index is 0. The van der Waals surface area contributed by atoms with Gasteiger partial charge in [0.2, 0.25) is 5.82 Å². The molecule has 0 amide bonds. The van der Waals surface area contributed by atoms with Crippen LogP contribution in [0.2, 0.25) is 0 Å². The van der Waals surface area contributed by atoms with Crippen molar-refractivity contribution in [3.8, 4) is 22.9 Å². The monoisotopic (exact) mass is 428 g/mol. The van der Waals surface area contributed by atoms with Crippen molar-refractivity contribution in [2.45, 2.75) is 31.9 Å². The Labute approximate surface area is 180 Å². The number of hydrogen-bond acceptors (Lipinski definition) is 6. The van der Waals surface area contributed by atoms with Gasteiger partial charge in [0.15, 0.2) is 11.6 Å². The molecule has 158 valence electrons. The summed E-state index contributed by atoms with van der Waals surface area (Å²) in [5.74, 6) is 2.12. The topological polar surface area (TPSA) is 87.1 Å². The third-order valence-electron chi connectivity index (χ3n) is 5.66. The Morgan fingerprint density at radius 1 is 1.17 bits per heavy atom. The molecule has 0 aromatic carbocycles. The summed E-state index contributed by atoms with van der Waals surface area (Å²) in [6, 6.07) is 2.34. The lowest BCUT2D eigenvalue weighted by atomic mass is 9.89. The molecule has 0 unspecified atom stereocenters. The number of anilines is 1. The number of imidazole rings is 1. The zero-order valence-electron chi connectivity index (χ0n) is 17.4. The van der Waals surface area contributed by atoms with Gasteiger partial charge >= 0.3 is 0 Å². The molecule has 0 aliphatic heterocycles. The number of halogens is 1. The van der Waals surface area contributed by atoms with Crippen LogP contribution in [0.1, 0.15) is 18.4 Å². The summed E-state index contributed by atoms with van der Waals surface area (Å²) in [5.41, 5.74) is 4.02. The number of aryl methyl sites for hydroxylation is 3. The molecule has 1 saturated carbocycles. The van der Waals surface area contributed by atoms with Crippen molar-refractivity contribution in [2.24, 2.45) is 14.1 Å². The van der Waals surface area contributed by atoms with Gasteiger partial charge in [-0.2, -0.15) is 5.10 Å². The first-order chi connectivity index (χ1) is 14.0. The molecule has 5 rings (SSSR count). The first kappa shape index (κ1) is 20.4. The Bertz CT molecular complexity index is 1190. The molecule has 4 aromatic rings. The van der Waals surface area contributed by atoms with Crippen LogP contribution in [0.15, 0.2) is 30.9 Å². The molecular formula is C20H25ClN8O. The maximum atomic E-state index is 5.43. The molecule has 0 radical (unpaired) electrons. The van der Waals surface area contributed by atoms with E-state index in [-0.39, 0.29) is 12.4 Å². The summed E-state index contributed by atoms with van der Waals surface area (Å²) in [4.78, 5) is 9.28. The molecule has 0 saturated heterocycles. The zero-order valence-corrected chi connectivity index (χ0v) is 18.2. The van der Waals surface area contributed by atoms with Gasteiger partial charge in [-0.15, -0.1) is 17.5 Å². The van der Waals surface area contributed by atoms with E-state index >= 15 is 0 Å². The van der Waals surface area contributed by atoms with Crippen LogP contribution < -0.4 is 5.32 Å². The third kappa shape index (κ3) is 3.33. The Kier molecular flexibility index (Phi) is 5.25. The molecule has 0 atom stereocenters. The van der Waals surface area contributed by atoms with E-state index in [2.05, 4.69) is 22.3 Å². The Hall–Kier alpha value is -2.91. The van der Waals surface area contributed by atoms with Crippen molar-refractivity contribution in [1.29, 1.82) is 0 Å². The van der Waals surface area contributed by atoms with Crippen molar-refractivity contribution in [3.63, 3.8) is 0 Å². The largest absolute Gasteiger partial charge is 0.381 e. The molecule has 1 aliphatic rings. The summed E-state index contributed by atoms with van der Waals surface area (Å²) in [6.07, 6.45) is 9.87. The van der Waals surface area contributed by atoms with Crippen molar-refractivity contribution >= 4 is 23.7 Å². The highest BCUT2D eigenvalue weighted by atomic mass is 35.5. The fourth-order valence-electron chi connectivity index (χ4n) is 3.89. The molecule has 4 aromatic heterocycles. The summed E-state index contributed by atoms with van der Waals surface area (Å²) in [6.45, 7) is 2.09. The van der Waals surface area contributed by atoms with E-state index in [1.807, 2.05) is 47.8 Å². The van der Waals surface area contributed by atoms with E-state index in [1.165, 1.54) is 0 Å². The molecule has 4 heterocycles. The molecule has 1 fully saturated rings. The molecule has 1 aliphatic carbocycles. The summed E-state index contributed by atoms with van der Waals surface area (Å²) < 4.78 is 11.0. The maximum Gasteiger partial charge on any atom is 0.218 e. The van der Waals surface area contributed by atoms with Crippen LogP contribution in [0.25, 0.3) is 28.4 Å². The van der Waals surface area contributed by atoms with Gasteiger partial charge in [-0.3, -0.25) is 4.68 Å². The smallest absolute Gasteiger partial charge is 0.218 e. The molecule has 10 heteroatoms. The Balaban J connectivity index is 0.00000218. The van der Waals surface area contributed by atoms with Crippen LogP contribution in [0, 0.1) is 6.92 Å². The fourth-order valence-corrected chi connectivity index (χ4v) is 3.89. The highest BCUT2D eigenvalue weighted by Gasteiger charge is 2.30. The van der Waals surface area contributed by atoms with Crippen molar-refractivity contribution < 1.29 is 4.74 Å². The van der Waals surface area contributed by atoms with E-state index in [0.717, 1.165) is 46.8 Å². The Morgan fingerprint density at radius 2 is 1.97 bits per heavy atom. The number of nitrogens with one attached hydrogen (secondary N) is 1. The van der Waals surface area contributed by atoms with Gasteiger partial charge < -0.3 is 14.6 Å². The maximum absolute atomic E-state index is 5.43. The molecule has 9 nitrogen and oxygen atoms in total. The number of ether oxygens (including phenoxy) is 1. The van der Waals surface area contributed by atoms with Gasteiger partial charge in [-0.25, -0.2) is 14.5 Å². The van der Waals surface area contributed by atoms with E-state index in [0.29, 0.717) is 18.0 Å². The van der Waals surface area contributed by atoms with Crippen molar-refractivity contribution in [3.05, 3.63) is 36.4 Å². The SMILES string of the molecule is COC1CC(Nc2nc(-c3nccn3C)nn3cc(-c4ccn(C)n4)c(C)c23)C1.Cl. The molecule has 1 N–H and O–H groups in total. The summed E-state index contributed by atoms with van der Waals surface area (Å²) >= 11 is 0. The van der Waals surface area contributed by atoms with Crippen molar-refractivity contribution in [1.82, 2.24) is 33.9 Å². The van der Waals surface area contributed by atoms with Gasteiger partial charge in [0.1, 0.15) is 5.52 Å². The second-order valence-electron chi connectivity index (χ2n) is 7.65. The second-order valence-corrected chi connectivity index (χ2v) is 7.65. The molecular weight excluding hydrogens is 404 g/mol. The van der Waals surface area contributed by atoms with Crippen LogP contribution in [0.3, 0.4) is 0 Å². The van der Waals surface area contributed by atoms with Gasteiger partial charge in [-0.05, 0) is 31.4 Å². The first-order valence-corrected chi connectivity index (χ1v) is 9.70. The summed E-state index contributed by atoms with van der Waals surface area (Å²) in [5, 5.41) is 12.9. The average Bonchev–Trinajstić information content (AvgIpc) is 3.36. The average molecular weight is 429 g/mol. The van der Waals surface area contributed by atoms with Gasteiger partial charge in [0.05, 0.1) is 11.8 Å². The number of hydrogen-bond donors (Lipinski definition) is 1. The molecule has 0 bridgehead atoms.